The zero-order valence-corrected chi connectivity index (χ0v) is 15.6. The molecular formula is C21H29N3O2. The van der Waals surface area contributed by atoms with Crippen molar-refractivity contribution in [2.45, 2.75) is 26.4 Å². The summed E-state index contributed by atoms with van der Waals surface area (Å²) in [5.41, 5.74) is 2.11. The van der Waals surface area contributed by atoms with Crippen molar-refractivity contribution >= 4 is 5.96 Å². The SMILES string of the molecule is CCNC(=NCCC(O)c1ccccc1)NCCOc1cccc(C)c1. The van der Waals surface area contributed by atoms with Crippen LogP contribution in [0, 0.1) is 6.92 Å². The minimum Gasteiger partial charge on any atom is -0.492 e. The predicted octanol–water partition coefficient (Wildman–Crippen LogP) is 3.05. The molecule has 1 atom stereocenters. The second-order valence-electron chi connectivity index (χ2n) is 6.07. The lowest BCUT2D eigenvalue weighted by Gasteiger charge is -2.13. The molecule has 140 valence electrons. The zero-order valence-electron chi connectivity index (χ0n) is 15.6. The number of rotatable bonds is 9. The molecule has 0 aromatic heterocycles. The minimum atomic E-state index is -0.493. The fourth-order valence-electron chi connectivity index (χ4n) is 2.53. The summed E-state index contributed by atoms with van der Waals surface area (Å²) in [6, 6.07) is 17.7. The Morgan fingerprint density at radius 3 is 2.65 bits per heavy atom. The summed E-state index contributed by atoms with van der Waals surface area (Å²) in [5.74, 6) is 1.61. The van der Waals surface area contributed by atoms with Crippen LogP contribution in [0.2, 0.25) is 0 Å². The first-order chi connectivity index (χ1) is 12.7. The van der Waals surface area contributed by atoms with E-state index in [1.807, 2.05) is 68.4 Å². The van der Waals surface area contributed by atoms with Gasteiger partial charge in [0.15, 0.2) is 5.96 Å². The van der Waals surface area contributed by atoms with Crippen molar-refractivity contribution in [2.24, 2.45) is 4.99 Å². The van der Waals surface area contributed by atoms with E-state index in [1.54, 1.807) is 0 Å². The third-order valence-electron chi connectivity index (χ3n) is 3.85. The summed E-state index contributed by atoms with van der Waals surface area (Å²) >= 11 is 0. The predicted molar refractivity (Wildman–Crippen MR) is 107 cm³/mol. The normalized spacial score (nSPS) is 12.5. The van der Waals surface area contributed by atoms with E-state index in [0.29, 0.717) is 26.1 Å². The number of ether oxygens (including phenoxy) is 1. The fourth-order valence-corrected chi connectivity index (χ4v) is 2.53. The van der Waals surface area contributed by atoms with Crippen LogP contribution in [0.5, 0.6) is 5.75 Å². The molecule has 0 aliphatic rings. The number of hydrogen-bond donors (Lipinski definition) is 3. The molecule has 0 saturated carbocycles. The van der Waals surface area contributed by atoms with Crippen LogP contribution in [0.25, 0.3) is 0 Å². The molecule has 0 saturated heterocycles. The number of aryl methyl sites for hydroxylation is 1. The van der Waals surface area contributed by atoms with Crippen LogP contribution in [0.4, 0.5) is 0 Å². The van der Waals surface area contributed by atoms with Gasteiger partial charge in [0.25, 0.3) is 0 Å². The molecule has 5 nitrogen and oxygen atoms in total. The summed E-state index contributed by atoms with van der Waals surface area (Å²) in [4.78, 5) is 4.52. The molecule has 5 heteroatoms. The smallest absolute Gasteiger partial charge is 0.191 e. The van der Waals surface area contributed by atoms with Gasteiger partial charge in [-0.15, -0.1) is 0 Å². The van der Waals surface area contributed by atoms with Crippen molar-refractivity contribution in [3.63, 3.8) is 0 Å². The van der Waals surface area contributed by atoms with Crippen molar-refractivity contribution in [1.82, 2.24) is 10.6 Å². The lowest BCUT2D eigenvalue weighted by Crippen LogP contribution is -2.39. The first kappa shape index (κ1) is 19.8. The molecule has 0 heterocycles. The van der Waals surface area contributed by atoms with Gasteiger partial charge in [-0.25, -0.2) is 0 Å². The summed E-state index contributed by atoms with van der Waals surface area (Å²) in [5, 5.41) is 16.7. The van der Waals surface area contributed by atoms with Crippen LogP contribution in [0.1, 0.15) is 30.6 Å². The zero-order chi connectivity index (χ0) is 18.6. The highest BCUT2D eigenvalue weighted by molar-refractivity contribution is 5.79. The molecule has 0 spiro atoms. The molecule has 0 radical (unpaired) electrons. The van der Waals surface area contributed by atoms with Gasteiger partial charge in [0, 0.05) is 13.1 Å². The molecular weight excluding hydrogens is 326 g/mol. The van der Waals surface area contributed by atoms with Crippen LogP contribution in [-0.2, 0) is 0 Å². The molecule has 2 aromatic carbocycles. The number of hydrogen-bond acceptors (Lipinski definition) is 3. The van der Waals surface area contributed by atoms with Gasteiger partial charge in [-0.05, 0) is 43.5 Å². The van der Waals surface area contributed by atoms with E-state index < -0.39 is 6.10 Å². The Labute approximate surface area is 156 Å². The number of aliphatic hydroxyl groups is 1. The summed E-state index contributed by atoms with van der Waals surface area (Å²) in [6.45, 7) is 6.61. The lowest BCUT2D eigenvalue weighted by molar-refractivity contribution is 0.170. The molecule has 0 fully saturated rings. The van der Waals surface area contributed by atoms with E-state index >= 15 is 0 Å². The monoisotopic (exact) mass is 355 g/mol. The highest BCUT2D eigenvalue weighted by Crippen LogP contribution is 2.15. The Kier molecular flexibility index (Phi) is 8.49. The number of nitrogens with zero attached hydrogens (tertiary/aromatic N) is 1. The van der Waals surface area contributed by atoms with E-state index in [-0.39, 0.29) is 0 Å². The standard InChI is InChI=1S/C21H29N3O2/c1-3-22-21(23-13-12-20(25)18-9-5-4-6-10-18)24-14-15-26-19-11-7-8-17(2)16-19/h4-11,16,20,25H,3,12-15H2,1-2H3,(H2,22,23,24). The van der Waals surface area contributed by atoms with Gasteiger partial charge in [0.1, 0.15) is 12.4 Å². The molecule has 0 bridgehead atoms. The Hall–Kier alpha value is -2.53. The van der Waals surface area contributed by atoms with E-state index in [4.69, 9.17) is 4.74 Å². The Morgan fingerprint density at radius 2 is 1.92 bits per heavy atom. The number of guanidine groups is 1. The average Bonchev–Trinajstić information content (AvgIpc) is 2.66. The van der Waals surface area contributed by atoms with Crippen LogP contribution in [0.3, 0.4) is 0 Å². The van der Waals surface area contributed by atoms with Crippen molar-refractivity contribution < 1.29 is 9.84 Å². The minimum absolute atomic E-state index is 0.493. The van der Waals surface area contributed by atoms with Gasteiger partial charge in [-0.1, -0.05) is 42.5 Å². The van der Waals surface area contributed by atoms with Gasteiger partial charge in [-0.2, -0.15) is 0 Å². The first-order valence-corrected chi connectivity index (χ1v) is 9.13. The van der Waals surface area contributed by atoms with Gasteiger partial charge in [-0.3, -0.25) is 4.99 Å². The third kappa shape index (κ3) is 7.15. The highest BCUT2D eigenvalue weighted by atomic mass is 16.5. The van der Waals surface area contributed by atoms with Crippen LogP contribution >= 0.6 is 0 Å². The summed E-state index contributed by atoms with van der Waals surface area (Å²) in [7, 11) is 0. The molecule has 3 N–H and O–H groups in total. The molecule has 1 unspecified atom stereocenters. The second-order valence-corrected chi connectivity index (χ2v) is 6.07. The molecule has 0 aliphatic heterocycles. The maximum Gasteiger partial charge on any atom is 0.191 e. The highest BCUT2D eigenvalue weighted by Gasteiger charge is 2.06. The van der Waals surface area contributed by atoms with Crippen LogP contribution in [-0.4, -0.2) is 37.3 Å². The Morgan fingerprint density at radius 1 is 1.12 bits per heavy atom. The maximum absolute atomic E-state index is 10.2. The maximum atomic E-state index is 10.2. The van der Waals surface area contributed by atoms with E-state index in [0.717, 1.165) is 23.8 Å². The van der Waals surface area contributed by atoms with Gasteiger partial charge < -0.3 is 20.5 Å². The largest absolute Gasteiger partial charge is 0.492 e. The molecule has 0 aliphatic carbocycles. The summed E-state index contributed by atoms with van der Waals surface area (Å²) in [6.07, 6.45) is 0.0906. The fraction of sp³-hybridized carbons (Fsp3) is 0.381. The van der Waals surface area contributed by atoms with Crippen LogP contribution < -0.4 is 15.4 Å². The van der Waals surface area contributed by atoms with Crippen molar-refractivity contribution in [2.75, 3.05) is 26.2 Å². The quantitative estimate of drug-likeness (QED) is 0.367. The third-order valence-corrected chi connectivity index (χ3v) is 3.85. The van der Waals surface area contributed by atoms with Crippen molar-refractivity contribution in [3.05, 3.63) is 65.7 Å². The van der Waals surface area contributed by atoms with E-state index in [9.17, 15) is 5.11 Å². The number of nitrogens with one attached hydrogen (secondary N) is 2. The second kappa shape index (κ2) is 11.2. The molecule has 2 rings (SSSR count). The summed E-state index contributed by atoms with van der Waals surface area (Å²) < 4.78 is 5.73. The topological polar surface area (TPSA) is 65.9 Å². The van der Waals surface area contributed by atoms with Crippen LogP contribution in [0.15, 0.2) is 59.6 Å². The molecule has 0 amide bonds. The van der Waals surface area contributed by atoms with Crippen molar-refractivity contribution in [1.29, 1.82) is 0 Å². The van der Waals surface area contributed by atoms with E-state index in [1.165, 1.54) is 5.56 Å². The van der Waals surface area contributed by atoms with Gasteiger partial charge >= 0.3 is 0 Å². The van der Waals surface area contributed by atoms with Gasteiger partial charge in [0.2, 0.25) is 0 Å². The first-order valence-electron chi connectivity index (χ1n) is 9.13. The lowest BCUT2D eigenvalue weighted by atomic mass is 10.1. The average molecular weight is 355 g/mol. The van der Waals surface area contributed by atoms with E-state index in [2.05, 4.69) is 15.6 Å². The number of aliphatic hydroxyl groups excluding tert-OH is 1. The number of aliphatic imine (C=N–C) groups is 1. The number of benzene rings is 2. The molecule has 2 aromatic rings. The Bertz CT molecular complexity index is 674. The van der Waals surface area contributed by atoms with Crippen molar-refractivity contribution in [3.8, 4) is 5.75 Å². The molecule has 26 heavy (non-hydrogen) atoms. The Balaban J connectivity index is 1.73. The van der Waals surface area contributed by atoms with Gasteiger partial charge in [0.05, 0.1) is 12.6 Å².